The van der Waals surface area contributed by atoms with Gasteiger partial charge in [-0.05, 0) is 69.7 Å². The van der Waals surface area contributed by atoms with Crippen LogP contribution >= 0.6 is 0 Å². The van der Waals surface area contributed by atoms with Crippen molar-refractivity contribution in [3.8, 4) is 17.9 Å². The molecule has 1 unspecified atom stereocenters. The van der Waals surface area contributed by atoms with E-state index in [-0.39, 0.29) is 17.3 Å². The van der Waals surface area contributed by atoms with Crippen LogP contribution in [0.15, 0.2) is 24.3 Å². The van der Waals surface area contributed by atoms with Crippen LogP contribution in [0.5, 0.6) is 5.75 Å². The summed E-state index contributed by atoms with van der Waals surface area (Å²) in [5.41, 5.74) is -1.11. The molecule has 0 aliphatic heterocycles. The van der Waals surface area contributed by atoms with Gasteiger partial charge in [0.1, 0.15) is 11.9 Å². The molecule has 2 rings (SSSR count). The van der Waals surface area contributed by atoms with Crippen molar-refractivity contribution < 1.29 is 19.1 Å². The van der Waals surface area contributed by atoms with Gasteiger partial charge in [-0.2, -0.15) is 10.5 Å². The van der Waals surface area contributed by atoms with E-state index in [4.69, 9.17) is 9.47 Å². The van der Waals surface area contributed by atoms with Gasteiger partial charge in [0.25, 0.3) is 0 Å². The fraction of sp³-hybridized carbons (Fsp3) is 0.655. The maximum atomic E-state index is 12.6. The number of nitrogens with zero attached hydrogens (tertiary/aromatic N) is 2. The van der Waals surface area contributed by atoms with Gasteiger partial charge in [-0.15, -0.1) is 0 Å². The first-order valence-electron chi connectivity index (χ1n) is 13.2. The van der Waals surface area contributed by atoms with Crippen molar-refractivity contribution in [2.45, 2.75) is 110 Å². The molecule has 0 N–H and O–H groups in total. The zero-order valence-corrected chi connectivity index (χ0v) is 21.6. The summed E-state index contributed by atoms with van der Waals surface area (Å²) in [6, 6.07) is 10.7. The second-order valence-electron chi connectivity index (χ2n) is 10.1. The van der Waals surface area contributed by atoms with Gasteiger partial charge in [-0.1, -0.05) is 58.8 Å². The predicted molar refractivity (Wildman–Crippen MR) is 134 cm³/mol. The fourth-order valence-electron chi connectivity index (χ4n) is 4.47. The molecule has 1 aromatic rings. The summed E-state index contributed by atoms with van der Waals surface area (Å²) in [6.07, 6.45) is 12.7. The van der Waals surface area contributed by atoms with Crippen LogP contribution in [0.25, 0.3) is 0 Å². The van der Waals surface area contributed by atoms with E-state index >= 15 is 0 Å². The summed E-state index contributed by atoms with van der Waals surface area (Å²) < 4.78 is 11.0. The van der Waals surface area contributed by atoms with Crippen LogP contribution in [0.3, 0.4) is 0 Å². The van der Waals surface area contributed by atoms with E-state index in [1.807, 2.05) is 6.07 Å². The molecule has 190 valence electrons. The van der Waals surface area contributed by atoms with Crippen LogP contribution < -0.4 is 4.74 Å². The summed E-state index contributed by atoms with van der Waals surface area (Å²) in [7, 11) is 0. The smallest absolute Gasteiger partial charge is 0.338 e. The molecule has 0 saturated heterocycles. The van der Waals surface area contributed by atoms with E-state index in [1.54, 1.807) is 26.0 Å². The number of rotatable bonds is 13. The molecule has 1 fully saturated rings. The lowest BCUT2D eigenvalue weighted by Gasteiger charge is -2.34. The number of hydrogen-bond acceptors (Lipinski definition) is 6. The van der Waals surface area contributed by atoms with Crippen molar-refractivity contribution in [3.63, 3.8) is 0 Å². The summed E-state index contributed by atoms with van der Waals surface area (Å²) in [4.78, 5) is 24.8. The first kappa shape index (κ1) is 28.4. The number of ether oxygens (including phenoxy) is 2. The second kappa shape index (κ2) is 13.9. The zero-order chi connectivity index (χ0) is 25.7. The molecule has 0 heterocycles. The number of unbranched alkanes of at least 4 members (excludes halogenated alkanes) is 6. The Bertz CT molecular complexity index is 904. The van der Waals surface area contributed by atoms with E-state index in [1.165, 1.54) is 50.7 Å². The summed E-state index contributed by atoms with van der Waals surface area (Å²) in [5, 5.41) is 19.0. The molecule has 1 aliphatic rings. The Morgan fingerprint density at radius 1 is 1.00 bits per heavy atom. The van der Waals surface area contributed by atoms with Crippen molar-refractivity contribution in [3.05, 3.63) is 29.8 Å². The van der Waals surface area contributed by atoms with Crippen molar-refractivity contribution in [1.29, 1.82) is 10.5 Å². The van der Waals surface area contributed by atoms with Gasteiger partial charge in [0.15, 0.2) is 5.41 Å². The van der Waals surface area contributed by atoms with Crippen molar-refractivity contribution in [2.24, 2.45) is 10.8 Å². The molecule has 0 aromatic heterocycles. The number of benzene rings is 1. The standard InChI is InChI=1S/C29H40N2O4/c1-4-6-7-8-9-10-11-18-29(22-31)19-16-25(17-20-29)34-26(32)23-12-14-24(15-13-23)35-27(33)28(3,5-2)21-30/h12-15,25H,4-11,16-20H2,1-3H3. The van der Waals surface area contributed by atoms with E-state index < -0.39 is 17.4 Å². The Balaban J connectivity index is 1.79. The molecule has 6 heteroatoms. The highest BCUT2D eigenvalue weighted by Crippen LogP contribution is 2.41. The lowest BCUT2D eigenvalue weighted by molar-refractivity contribution is -0.141. The lowest BCUT2D eigenvalue weighted by atomic mass is 9.71. The SMILES string of the molecule is CCCCCCCCCC1(C#N)CCC(OC(=O)c2ccc(OC(=O)C(C)(C#N)CC)cc2)CC1. The van der Waals surface area contributed by atoms with Crippen LogP contribution in [0, 0.1) is 33.5 Å². The lowest BCUT2D eigenvalue weighted by Crippen LogP contribution is -2.31. The number of hydrogen-bond donors (Lipinski definition) is 0. The Hall–Kier alpha value is -2.86. The van der Waals surface area contributed by atoms with Gasteiger partial charge in [0.2, 0.25) is 0 Å². The Morgan fingerprint density at radius 2 is 1.60 bits per heavy atom. The molecular formula is C29H40N2O4. The van der Waals surface area contributed by atoms with Crippen molar-refractivity contribution in [2.75, 3.05) is 0 Å². The van der Waals surface area contributed by atoms with Crippen molar-refractivity contribution in [1.82, 2.24) is 0 Å². The highest BCUT2D eigenvalue weighted by Gasteiger charge is 2.36. The highest BCUT2D eigenvalue weighted by molar-refractivity contribution is 5.90. The predicted octanol–water partition coefficient (Wildman–Crippen LogP) is 7.28. The minimum absolute atomic E-state index is 0.184. The fourth-order valence-corrected chi connectivity index (χ4v) is 4.47. The molecule has 0 radical (unpaired) electrons. The van der Waals surface area contributed by atoms with E-state index in [0.717, 1.165) is 25.7 Å². The third-order valence-electron chi connectivity index (χ3n) is 7.36. The minimum Gasteiger partial charge on any atom is -0.459 e. The summed E-state index contributed by atoms with van der Waals surface area (Å²) in [6.45, 7) is 5.52. The highest BCUT2D eigenvalue weighted by atomic mass is 16.5. The topological polar surface area (TPSA) is 100 Å². The van der Waals surface area contributed by atoms with Gasteiger partial charge in [0.05, 0.1) is 23.1 Å². The van der Waals surface area contributed by atoms with Gasteiger partial charge in [0, 0.05) is 0 Å². The quantitative estimate of drug-likeness (QED) is 0.167. The van der Waals surface area contributed by atoms with E-state index in [2.05, 4.69) is 13.0 Å². The molecule has 35 heavy (non-hydrogen) atoms. The van der Waals surface area contributed by atoms with Crippen LogP contribution in [0.2, 0.25) is 0 Å². The average molecular weight is 481 g/mol. The molecule has 0 amide bonds. The summed E-state index contributed by atoms with van der Waals surface area (Å²) >= 11 is 0. The average Bonchev–Trinajstić information content (AvgIpc) is 2.89. The first-order chi connectivity index (χ1) is 16.8. The largest absolute Gasteiger partial charge is 0.459 e. The minimum atomic E-state index is -1.20. The van der Waals surface area contributed by atoms with Crippen LogP contribution in [-0.4, -0.2) is 18.0 Å². The molecular weight excluding hydrogens is 440 g/mol. The normalized spacial score (nSPS) is 21.2. The maximum Gasteiger partial charge on any atom is 0.338 e. The number of nitriles is 2. The Kier molecular flexibility index (Phi) is 11.3. The first-order valence-corrected chi connectivity index (χ1v) is 13.2. The third-order valence-corrected chi connectivity index (χ3v) is 7.36. The van der Waals surface area contributed by atoms with Gasteiger partial charge in [-0.3, -0.25) is 0 Å². The molecule has 0 spiro atoms. The number of carbonyl (C=O) groups excluding carboxylic acids is 2. The number of esters is 2. The maximum absolute atomic E-state index is 12.6. The van der Waals surface area contributed by atoms with Gasteiger partial charge >= 0.3 is 11.9 Å². The Labute approximate surface area is 210 Å². The zero-order valence-electron chi connectivity index (χ0n) is 21.6. The molecule has 1 saturated carbocycles. The third kappa shape index (κ3) is 8.39. The van der Waals surface area contributed by atoms with Crippen LogP contribution in [-0.2, 0) is 9.53 Å². The summed E-state index contributed by atoms with van der Waals surface area (Å²) in [5.74, 6) is -0.749. The van der Waals surface area contributed by atoms with Gasteiger partial charge in [-0.25, -0.2) is 9.59 Å². The van der Waals surface area contributed by atoms with Crippen molar-refractivity contribution >= 4 is 11.9 Å². The second-order valence-corrected chi connectivity index (χ2v) is 10.1. The van der Waals surface area contributed by atoms with E-state index in [9.17, 15) is 20.1 Å². The monoisotopic (exact) mass is 480 g/mol. The molecule has 1 atom stereocenters. The van der Waals surface area contributed by atoms with Crippen LogP contribution in [0.4, 0.5) is 0 Å². The van der Waals surface area contributed by atoms with Gasteiger partial charge < -0.3 is 9.47 Å². The number of carbonyl (C=O) groups is 2. The van der Waals surface area contributed by atoms with Crippen LogP contribution in [0.1, 0.15) is 115 Å². The Morgan fingerprint density at radius 3 is 2.14 bits per heavy atom. The molecule has 1 aromatic carbocycles. The van der Waals surface area contributed by atoms with E-state index in [0.29, 0.717) is 24.8 Å². The molecule has 6 nitrogen and oxygen atoms in total. The molecule has 1 aliphatic carbocycles. The molecule has 0 bridgehead atoms.